The lowest BCUT2D eigenvalue weighted by atomic mass is 10.2. The smallest absolute Gasteiger partial charge is 0.325 e. The van der Waals surface area contributed by atoms with Crippen molar-refractivity contribution in [1.29, 1.82) is 0 Å². The zero-order valence-electron chi connectivity index (χ0n) is 11.5. The fourth-order valence-corrected chi connectivity index (χ4v) is 3.91. The number of aromatic nitrogens is 2. The van der Waals surface area contributed by atoms with Crippen molar-refractivity contribution in [2.75, 3.05) is 7.11 Å². The Kier molecular flexibility index (Phi) is 3.60. The molecule has 0 aliphatic heterocycles. The van der Waals surface area contributed by atoms with Crippen molar-refractivity contribution in [1.82, 2.24) is 9.55 Å². The molecule has 0 fully saturated rings. The van der Waals surface area contributed by atoms with Gasteiger partial charge in [0.05, 0.1) is 18.8 Å². The highest BCUT2D eigenvalue weighted by Crippen LogP contribution is 2.34. The van der Waals surface area contributed by atoms with E-state index in [0.717, 1.165) is 10.4 Å². The number of fused-ring (bicyclic) bond motifs is 1. The Morgan fingerprint density at radius 1 is 1.43 bits per heavy atom. The Balaban J connectivity index is 2.17. The lowest BCUT2D eigenvalue weighted by molar-refractivity contribution is -0.141. The van der Waals surface area contributed by atoms with Crippen LogP contribution in [0.4, 0.5) is 0 Å². The van der Waals surface area contributed by atoms with Gasteiger partial charge in [0.25, 0.3) is 5.56 Å². The standard InChI is InChI=1S/C14H12N2O3S2/c1-8-3-4-10(21-8)9-6-20-13-12(9)14(18)16(7-15-13)5-11(17)19-2/h3-4,6-7H,5H2,1-2H3. The first kappa shape index (κ1) is 14.0. The van der Waals surface area contributed by atoms with Crippen LogP contribution in [0.3, 0.4) is 0 Å². The van der Waals surface area contributed by atoms with Gasteiger partial charge in [-0.05, 0) is 19.1 Å². The predicted octanol–water partition coefficient (Wildman–Crippen LogP) is 2.67. The number of rotatable bonds is 3. The Bertz CT molecular complexity index is 876. The van der Waals surface area contributed by atoms with E-state index in [-0.39, 0.29) is 12.1 Å². The number of aryl methyl sites for hydroxylation is 1. The zero-order valence-corrected chi connectivity index (χ0v) is 13.1. The SMILES string of the molecule is COC(=O)Cn1cnc2scc(-c3ccc(C)s3)c2c1=O. The molecule has 0 amide bonds. The Morgan fingerprint density at radius 3 is 2.90 bits per heavy atom. The Labute approximate surface area is 128 Å². The van der Waals surface area contributed by atoms with Crippen molar-refractivity contribution in [3.63, 3.8) is 0 Å². The van der Waals surface area contributed by atoms with E-state index in [1.54, 1.807) is 11.3 Å². The number of nitrogens with zero attached hydrogens (tertiary/aromatic N) is 2. The third kappa shape index (κ3) is 2.50. The predicted molar refractivity (Wildman–Crippen MR) is 83.9 cm³/mol. The van der Waals surface area contributed by atoms with E-state index < -0.39 is 5.97 Å². The summed E-state index contributed by atoms with van der Waals surface area (Å²) in [5, 5.41) is 2.50. The van der Waals surface area contributed by atoms with Crippen molar-refractivity contribution in [2.45, 2.75) is 13.5 Å². The summed E-state index contributed by atoms with van der Waals surface area (Å²) in [5.74, 6) is -0.470. The molecule has 0 bridgehead atoms. The fraction of sp³-hybridized carbons (Fsp3) is 0.214. The molecule has 0 aliphatic carbocycles. The Morgan fingerprint density at radius 2 is 2.24 bits per heavy atom. The van der Waals surface area contributed by atoms with E-state index >= 15 is 0 Å². The van der Waals surface area contributed by atoms with Gasteiger partial charge in [-0.25, -0.2) is 4.98 Å². The highest BCUT2D eigenvalue weighted by atomic mass is 32.1. The molecule has 3 aromatic rings. The zero-order chi connectivity index (χ0) is 15.0. The molecule has 0 atom stereocenters. The quantitative estimate of drug-likeness (QED) is 0.696. The van der Waals surface area contributed by atoms with Gasteiger partial charge in [0.2, 0.25) is 0 Å². The second-order valence-corrected chi connectivity index (χ2v) is 6.64. The largest absolute Gasteiger partial charge is 0.468 e. The molecule has 0 N–H and O–H groups in total. The van der Waals surface area contributed by atoms with E-state index in [1.165, 1.54) is 34.2 Å². The first-order valence-electron chi connectivity index (χ1n) is 6.20. The maximum absolute atomic E-state index is 12.6. The summed E-state index contributed by atoms with van der Waals surface area (Å²) in [6, 6.07) is 4.02. The topological polar surface area (TPSA) is 61.2 Å². The van der Waals surface area contributed by atoms with Gasteiger partial charge in [-0.3, -0.25) is 14.2 Å². The number of carbonyl (C=O) groups is 1. The second kappa shape index (κ2) is 5.42. The number of esters is 1. The minimum Gasteiger partial charge on any atom is -0.468 e. The van der Waals surface area contributed by atoms with Gasteiger partial charge in [0, 0.05) is 20.7 Å². The van der Waals surface area contributed by atoms with Crippen molar-refractivity contribution >= 4 is 38.9 Å². The van der Waals surface area contributed by atoms with Crippen molar-refractivity contribution in [3.05, 3.63) is 39.1 Å². The molecule has 3 aromatic heterocycles. The second-order valence-electron chi connectivity index (χ2n) is 4.49. The molecule has 21 heavy (non-hydrogen) atoms. The Hall–Kier alpha value is -1.99. The first-order chi connectivity index (χ1) is 10.1. The highest BCUT2D eigenvalue weighted by Gasteiger charge is 2.15. The van der Waals surface area contributed by atoms with Crippen LogP contribution in [0, 0.1) is 6.92 Å². The van der Waals surface area contributed by atoms with Gasteiger partial charge in [-0.2, -0.15) is 0 Å². The third-order valence-corrected chi connectivity index (χ3v) is 5.01. The van der Waals surface area contributed by atoms with Crippen LogP contribution >= 0.6 is 22.7 Å². The average Bonchev–Trinajstić information content (AvgIpc) is 3.08. The summed E-state index contributed by atoms with van der Waals surface area (Å²) in [6.07, 6.45) is 1.39. The molecular weight excluding hydrogens is 308 g/mol. The molecule has 0 saturated carbocycles. The maximum atomic E-state index is 12.6. The molecule has 0 saturated heterocycles. The van der Waals surface area contributed by atoms with Crippen LogP contribution in [0.5, 0.6) is 0 Å². The molecule has 3 rings (SSSR count). The molecular formula is C14H12N2O3S2. The molecule has 7 heteroatoms. The molecule has 0 radical (unpaired) electrons. The molecule has 108 valence electrons. The van der Waals surface area contributed by atoms with Gasteiger partial charge < -0.3 is 4.74 Å². The number of carbonyl (C=O) groups excluding carboxylic acids is 1. The van der Waals surface area contributed by atoms with E-state index in [0.29, 0.717) is 10.2 Å². The summed E-state index contributed by atoms with van der Waals surface area (Å²) < 4.78 is 5.88. The van der Waals surface area contributed by atoms with E-state index in [2.05, 4.69) is 9.72 Å². The molecule has 0 spiro atoms. The summed E-state index contributed by atoms with van der Waals surface area (Å²) in [4.78, 5) is 31.1. The van der Waals surface area contributed by atoms with Gasteiger partial charge in [-0.15, -0.1) is 22.7 Å². The van der Waals surface area contributed by atoms with Crippen LogP contribution in [-0.4, -0.2) is 22.6 Å². The first-order valence-corrected chi connectivity index (χ1v) is 7.90. The van der Waals surface area contributed by atoms with Crippen LogP contribution in [0.2, 0.25) is 0 Å². The van der Waals surface area contributed by atoms with Gasteiger partial charge in [0.15, 0.2) is 0 Å². The van der Waals surface area contributed by atoms with Crippen molar-refractivity contribution < 1.29 is 9.53 Å². The van der Waals surface area contributed by atoms with Crippen molar-refractivity contribution in [2.24, 2.45) is 0 Å². The summed E-state index contributed by atoms with van der Waals surface area (Å²) in [7, 11) is 1.30. The molecule has 3 heterocycles. The summed E-state index contributed by atoms with van der Waals surface area (Å²) >= 11 is 3.06. The van der Waals surface area contributed by atoms with E-state index in [4.69, 9.17) is 0 Å². The van der Waals surface area contributed by atoms with Crippen LogP contribution in [0.15, 0.2) is 28.6 Å². The monoisotopic (exact) mass is 320 g/mol. The van der Waals surface area contributed by atoms with Gasteiger partial charge in [0.1, 0.15) is 11.4 Å². The molecule has 0 aliphatic rings. The highest BCUT2D eigenvalue weighted by molar-refractivity contribution is 7.19. The number of ether oxygens (including phenoxy) is 1. The minimum absolute atomic E-state index is 0.128. The van der Waals surface area contributed by atoms with E-state index in [1.807, 2.05) is 24.4 Å². The molecule has 0 unspecified atom stereocenters. The number of thiophene rings is 2. The average molecular weight is 320 g/mol. The molecule has 0 aromatic carbocycles. The van der Waals surface area contributed by atoms with Crippen molar-refractivity contribution in [3.8, 4) is 10.4 Å². The van der Waals surface area contributed by atoms with Gasteiger partial charge in [-0.1, -0.05) is 0 Å². The number of methoxy groups -OCH3 is 1. The molecule has 5 nitrogen and oxygen atoms in total. The van der Waals surface area contributed by atoms with Crippen LogP contribution < -0.4 is 5.56 Å². The summed E-state index contributed by atoms with van der Waals surface area (Å²) in [5.41, 5.74) is 0.664. The lowest BCUT2D eigenvalue weighted by Crippen LogP contribution is -2.25. The number of hydrogen-bond acceptors (Lipinski definition) is 6. The van der Waals surface area contributed by atoms with Crippen LogP contribution in [-0.2, 0) is 16.1 Å². The van der Waals surface area contributed by atoms with Gasteiger partial charge >= 0.3 is 5.97 Å². The summed E-state index contributed by atoms with van der Waals surface area (Å²) in [6.45, 7) is 1.90. The van der Waals surface area contributed by atoms with Crippen LogP contribution in [0.25, 0.3) is 20.7 Å². The minimum atomic E-state index is -0.470. The lowest BCUT2D eigenvalue weighted by Gasteiger charge is -2.04. The maximum Gasteiger partial charge on any atom is 0.325 e. The van der Waals surface area contributed by atoms with Crippen LogP contribution in [0.1, 0.15) is 4.88 Å². The third-order valence-electron chi connectivity index (χ3n) is 3.09. The normalized spacial score (nSPS) is 11.0. The number of hydrogen-bond donors (Lipinski definition) is 0. The van der Waals surface area contributed by atoms with E-state index in [9.17, 15) is 9.59 Å². The fourth-order valence-electron chi connectivity index (χ4n) is 2.04.